The highest BCUT2D eigenvalue weighted by Crippen LogP contribution is 2.27. The topological polar surface area (TPSA) is 83.2 Å². The van der Waals surface area contributed by atoms with Crippen molar-refractivity contribution in [1.29, 1.82) is 0 Å². The highest BCUT2D eigenvalue weighted by atomic mass is 16.6. The SMILES string of the molecule is CC(C)(C)OC(=O)N1CCN(c2ccc3c(O)cc(=O)oc3c2)CC1. The fraction of sp³-hybridized carbons (Fsp3) is 0.444. The van der Waals surface area contributed by atoms with Gasteiger partial charge in [0.25, 0.3) is 0 Å². The van der Waals surface area contributed by atoms with Crippen LogP contribution >= 0.6 is 0 Å². The second-order valence-electron chi connectivity index (χ2n) is 7.09. The first-order valence-corrected chi connectivity index (χ1v) is 8.23. The van der Waals surface area contributed by atoms with Gasteiger partial charge in [0.05, 0.1) is 11.5 Å². The number of benzene rings is 1. The third-order valence-corrected chi connectivity index (χ3v) is 4.00. The van der Waals surface area contributed by atoms with E-state index >= 15 is 0 Å². The fourth-order valence-corrected chi connectivity index (χ4v) is 2.80. The van der Waals surface area contributed by atoms with Gasteiger partial charge in [-0.05, 0) is 32.9 Å². The molecule has 2 aromatic rings. The maximum Gasteiger partial charge on any atom is 0.410 e. The lowest BCUT2D eigenvalue weighted by Crippen LogP contribution is -2.50. The van der Waals surface area contributed by atoms with Gasteiger partial charge in [0, 0.05) is 37.9 Å². The van der Waals surface area contributed by atoms with Gasteiger partial charge in [-0.15, -0.1) is 0 Å². The van der Waals surface area contributed by atoms with Gasteiger partial charge in [0.1, 0.15) is 16.9 Å². The molecule has 1 aliphatic rings. The molecule has 1 aromatic heterocycles. The van der Waals surface area contributed by atoms with Crippen LogP contribution in [0.2, 0.25) is 0 Å². The standard InChI is InChI=1S/C18H22N2O5/c1-18(2,3)25-17(23)20-8-6-19(7-9-20)12-4-5-13-14(21)11-16(22)24-15(13)10-12/h4-5,10-11,21H,6-9H2,1-3H3. The van der Waals surface area contributed by atoms with Gasteiger partial charge in [-0.2, -0.15) is 0 Å². The van der Waals surface area contributed by atoms with Crippen molar-refractivity contribution in [2.75, 3.05) is 31.1 Å². The number of anilines is 1. The molecule has 0 aliphatic carbocycles. The molecule has 1 N–H and O–H groups in total. The Morgan fingerprint density at radius 2 is 1.84 bits per heavy atom. The predicted octanol–water partition coefficient (Wildman–Crippen LogP) is 2.56. The van der Waals surface area contributed by atoms with Crippen molar-refractivity contribution < 1.29 is 19.1 Å². The normalized spacial score (nSPS) is 15.5. The molecule has 1 saturated heterocycles. The van der Waals surface area contributed by atoms with Crippen LogP contribution in [-0.2, 0) is 4.74 Å². The lowest BCUT2D eigenvalue weighted by Gasteiger charge is -2.36. The molecule has 7 heteroatoms. The number of fused-ring (bicyclic) bond motifs is 1. The summed E-state index contributed by atoms with van der Waals surface area (Å²) in [7, 11) is 0. The Kier molecular flexibility index (Phi) is 4.32. The van der Waals surface area contributed by atoms with E-state index in [2.05, 4.69) is 4.90 Å². The molecule has 0 spiro atoms. The van der Waals surface area contributed by atoms with Crippen molar-refractivity contribution >= 4 is 22.7 Å². The summed E-state index contributed by atoms with van der Waals surface area (Å²) in [5.74, 6) is -0.0902. The minimum absolute atomic E-state index is 0.0902. The van der Waals surface area contributed by atoms with Crippen molar-refractivity contribution in [2.45, 2.75) is 26.4 Å². The molecule has 1 aliphatic heterocycles. The summed E-state index contributed by atoms with van der Waals surface area (Å²) < 4.78 is 10.6. The van der Waals surface area contributed by atoms with Crippen LogP contribution in [0.15, 0.2) is 33.5 Å². The summed E-state index contributed by atoms with van der Waals surface area (Å²) in [6.07, 6.45) is -0.304. The first-order chi connectivity index (χ1) is 11.7. The molecule has 3 rings (SSSR count). The Morgan fingerprint density at radius 1 is 1.16 bits per heavy atom. The van der Waals surface area contributed by atoms with Crippen LogP contribution < -0.4 is 10.5 Å². The maximum atomic E-state index is 12.1. The molecule has 25 heavy (non-hydrogen) atoms. The van der Waals surface area contributed by atoms with Gasteiger partial charge in [-0.1, -0.05) is 0 Å². The molecule has 0 unspecified atom stereocenters. The first kappa shape index (κ1) is 17.1. The van der Waals surface area contributed by atoms with Crippen LogP contribution in [0.4, 0.5) is 10.5 Å². The quantitative estimate of drug-likeness (QED) is 0.799. The van der Waals surface area contributed by atoms with E-state index in [1.807, 2.05) is 26.8 Å². The van der Waals surface area contributed by atoms with E-state index in [-0.39, 0.29) is 11.8 Å². The fourth-order valence-electron chi connectivity index (χ4n) is 2.80. The largest absolute Gasteiger partial charge is 0.507 e. The number of hydrogen-bond acceptors (Lipinski definition) is 6. The number of rotatable bonds is 1. The lowest BCUT2D eigenvalue weighted by molar-refractivity contribution is 0.0240. The van der Waals surface area contributed by atoms with Crippen molar-refractivity contribution in [3.8, 4) is 5.75 Å². The Balaban J connectivity index is 1.72. The summed E-state index contributed by atoms with van der Waals surface area (Å²) in [6, 6.07) is 6.38. The maximum absolute atomic E-state index is 12.1. The van der Waals surface area contributed by atoms with Crippen LogP contribution in [0.25, 0.3) is 11.0 Å². The van der Waals surface area contributed by atoms with E-state index < -0.39 is 11.2 Å². The zero-order valence-electron chi connectivity index (χ0n) is 14.6. The Hall–Kier alpha value is -2.70. The third-order valence-electron chi connectivity index (χ3n) is 4.00. The van der Waals surface area contributed by atoms with Gasteiger partial charge >= 0.3 is 11.7 Å². The highest BCUT2D eigenvalue weighted by Gasteiger charge is 2.26. The molecule has 0 saturated carbocycles. The smallest absolute Gasteiger partial charge is 0.410 e. The van der Waals surface area contributed by atoms with Gasteiger partial charge in [0.2, 0.25) is 0 Å². The van der Waals surface area contributed by atoms with Crippen LogP contribution in [0.1, 0.15) is 20.8 Å². The van der Waals surface area contributed by atoms with Gasteiger partial charge in [0.15, 0.2) is 0 Å². The predicted molar refractivity (Wildman–Crippen MR) is 94.2 cm³/mol. The molecular weight excluding hydrogens is 324 g/mol. The zero-order valence-corrected chi connectivity index (χ0v) is 14.6. The molecule has 0 bridgehead atoms. The van der Waals surface area contributed by atoms with Crippen LogP contribution in [0, 0.1) is 0 Å². The number of amides is 1. The second kappa shape index (κ2) is 6.31. The Bertz CT molecular complexity index is 845. The molecule has 2 heterocycles. The number of ether oxygens (including phenoxy) is 1. The number of piperazine rings is 1. The summed E-state index contributed by atoms with van der Waals surface area (Å²) in [6.45, 7) is 7.94. The lowest BCUT2D eigenvalue weighted by atomic mass is 10.1. The Labute approximate surface area is 145 Å². The summed E-state index contributed by atoms with van der Waals surface area (Å²) in [5.41, 5.74) is 0.130. The monoisotopic (exact) mass is 346 g/mol. The molecule has 0 atom stereocenters. The zero-order chi connectivity index (χ0) is 18.2. The molecular formula is C18H22N2O5. The van der Waals surface area contributed by atoms with Crippen molar-refractivity contribution in [1.82, 2.24) is 4.90 Å². The van der Waals surface area contributed by atoms with E-state index in [0.29, 0.717) is 37.1 Å². The van der Waals surface area contributed by atoms with E-state index in [0.717, 1.165) is 11.8 Å². The second-order valence-corrected chi connectivity index (χ2v) is 7.09. The van der Waals surface area contributed by atoms with Crippen molar-refractivity contribution in [2.24, 2.45) is 0 Å². The Morgan fingerprint density at radius 3 is 2.48 bits per heavy atom. The van der Waals surface area contributed by atoms with E-state index in [4.69, 9.17) is 9.15 Å². The molecule has 7 nitrogen and oxygen atoms in total. The van der Waals surface area contributed by atoms with Gasteiger partial charge < -0.3 is 24.1 Å². The summed E-state index contributed by atoms with van der Waals surface area (Å²) >= 11 is 0. The van der Waals surface area contributed by atoms with Crippen LogP contribution in [0.3, 0.4) is 0 Å². The van der Waals surface area contributed by atoms with Gasteiger partial charge in [-0.3, -0.25) is 0 Å². The molecule has 134 valence electrons. The molecule has 1 amide bonds. The summed E-state index contributed by atoms with van der Waals surface area (Å²) in [4.78, 5) is 27.3. The number of carbonyl (C=O) groups excluding carboxylic acids is 1. The minimum atomic E-state index is -0.586. The van der Waals surface area contributed by atoms with Gasteiger partial charge in [-0.25, -0.2) is 9.59 Å². The molecule has 0 radical (unpaired) electrons. The number of carbonyl (C=O) groups is 1. The average molecular weight is 346 g/mol. The van der Waals surface area contributed by atoms with Crippen molar-refractivity contribution in [3.63, 3.8) is 0 Å². The van der Waals surface area contributed by atoms with E-state index in [1.54, 1.807) is 17.0 Å². The molecule has 1 fully saturated rings. The highest BCUT2D eigenvalue weighted by molar-refractivity contribution is 5.85. The number of hydrogen-bond donors (Lipinski definition) is 1. The van der Waals surface area contributed by atoms with E-state index in [9.17, 15) is 14.7 Å². The van der Waals surface area contributed by atoms with Crippen LogP contribution in [0.5, 0.6) is 5.75 Å². The first-order valence-electron chi connectivity index (χ1n) is 8.23. The minimum Gasteiger partial charge on any atom is -0.507 e. The average Bonchev–Trinajstić information content (AvgIpc) is 2.52. The van der Waals surface area contributed by atoms with E-state index in [1.165, 1.54) is 0 Å². The van der Waals surface area contributed by atoms with Crippen molar-refractivity contribution in [3.05, 3.63) is 34.7 Å². The third kappa shape index (κ3) is 3.87. The number of nitrogens with zero attached hydrogens (tertiary/aromatic N) is 2. The van der Waals surface area contributed by atoms with Crippen LogP contribution in [-0.4, -0.2) is 47.9 Å². The summed E-state index contributed by atoms with van der Waals surface area (Å²) in [5, 5.41) is 10.3. The molecule has 1 aromatic carbocycles. The number of aromatic hydroxyl groups is 1.